The third-order valence-electron chi connectivity index (χ3n) is 2.44. The fourth-order valence-corrected chi connectivity index (χ4v) is 2.59. The Morgan fingerprint density at radius 2 is 2.10 bits per heavy atom. The Bertz CT molecular complexity index is 643. The number of halogens is 2. The summed E-state index contributed by atoms with van der Waals surface area (Å²) >= 11 is 13.3. The number of hydrogen-bond donors (Lipinski definition) is 1. The molecular formula is C13H12Cl2N2O2S. The summed E-state index contributed by atoms with van der Waals surface area (Å²) in [6.45, 7) is 3.56. The number of nitrogens with one attached hydrogen (secondary N) is 1. The van der Waals surface area contributed by atoms with Crippen molar-refractivity contribution in [3.63, 3.8) is 0 Å². The first kappa shape index (κ1) is 15.1. The molecule has 1 aromatic carbocycles. The van der Waals surface area contributed by atoms with Crippen LogP contribution in [0.25, 0.3) is 0 Å². The number of rotatable bonds is 4. The lowest BCUT2D eigenvalue weighted by Gasteiger charge is -2.09. The van der Waals surface area contributed by atoms with E-state index in [4.69, 9.17) is 27.9 Å². The van der Waals surface area contributed by atoms with Crippen LogP contribution in [-0.4, -0.2) is 17.5 Å². The molecule has 0 saturated heterocycles. The number of amides is 1. The Morgan fingerprint density at radius 3 is 2.75 bits per heavy atom. The molecule has 1 amide bonds. The third-order valence-corrected chi connectivity index (χ3v) is 4.02. The molecule has 4 nitrogen and oxygen atoms in total. The number of aryl methyl sites for hydroxylation is 2. The number of thiazole rings is 1. The summed E-state index contributed by atoms with van der Waals surface area (Å²) in [7, 11) is 0. The van der Waals surface area contributed by atoms with E-state index in [1.54, 1.807) is 12.1 Å². The molecule has 0 fully saturated rings. The van der Waals surface area contributed by atoms with Crippen LogP contribution >= 0.6 is 34.5 Å². The minimum absolute atomic E-state index is 0.139. The maximum atomic E-state index is 11.7. The molecule has 2 rings (SSSR count). The largest absolute Gasteiger partial charge is 0.482 e. The summed E-state index contributed by atoms with van der Waals surface area (Å²) in [5.74, 6) is 0.141. The average molecular weight is 331 g/mol. The molecule has 2 aromatic rings. The number of hydrogen-bond acceptors (Lipinski definition) is 4. The van der Waals surface area contributed by atoms with E-state index in [1.807, 2.05) is 19.2 Å². The Kier molecular flexibility index (Phi) is 4.86. The van der Waals surface area contributed by atoms with Crippen molar-refractivity contribution in [3.05, 3.63) is 38.8 Å². The fraction of sp³-hybridized carbons (Fsp3) is 0.231. The van der Waals surface area contributed by atoms with Crippen LogP contribution in [0, 0.1) is 13.8 Å². The van der Waals surface area contributed by atoms with E-state index in [1.165, 1.54) is 11.3 Å². The smallest absolute Gasteiger partial charge is 0.264 e. The van der Waals surface area contributed by atoms with Gasteiger partial charge >= 0.3 is 0 Å². The van der Waals surface area contributed by atoms with E-state index in [9.17, 15) is 4.79 Å². The van der Waals surface area contributed by atoms with Gasteiger partial charge in [-0.2, -0.15) is 0 Å². The zero-order valence-electron chi connectivity index (χ0n) is 10.9. The van der Waals surface area contributed by atoms with Gasteiger partial charge in [0.05, 0.1) is 10.7 Å². The molecule has 106 valence electrons. The van der Waals surface area contributed by atoms with Crippen LogP contribution in [0.2, 0.25) is 10.0 Å². The second-order valence-electron chi connectivity index (χ2n) is 4.16. The van der Waals surface area contributed by atoms with Crippen LogP contribution in [0.3, 0.4) is 0 Å². The highest BCUT2D eigenvalue weighted by atomic mass is 35.5. The lowest BCUT2D eigenvalue weighted by atomic mass is 10.2. The van der Waals surface area contributed by atoms with Crippen LogP contribution in [0.15, 0.2) is 17.5 Å². The van der Waals surface area contributed by atoms with Crippen molar-refractivity contribution in [3.8, 4) is 5.75 Å². The summed E-state index contributed by atoms with van der Waals surface area (Å²) < 4.78 is 5.39. The lowest BCUT2D eigenvalue weighted by molar-refractivity contribution is -0.118. The average Bonchev–Trinajstić information content (AvgIpc) is 2.77. The molecule has 20 heavy (non-hydrogen) atoms. The molecule has 0 atom stereocenters. The number of ether oxygens (including phenoxy) is 1. The zero-order valence-corrected chi connectivity index (χ0v) is 13.2. The van der Waals surface area contributed by atoms with Gasteiger partial charge in [-0.15, -0.1) is 11.3 Å². The fourth-order valence-electron chi connectivity index (χ4n) is 1.45. The Morgan fingerprint density at radius 1 is 1.35 bits per heavy atom. The van der Waals surface area contributed by atoms with E-state index >= 15 is 0 Å². The van der Waals surface area contributed by atoms with Crippen molar-refractivity contribution in [1.82, 2.24) is 4.98 Å². The highest BCUT2D eigenvalue weighted by molar-refractivity contribution is 7.13. The van der Waals surface area contributed by atoms with Gasteiger partial charge in [-0.05, 0) is 31.5 Å². The standard InChI is InChI=1S/C13H12Cl2N2O2S/c1-7-3-11(10(15)4-9(7)14)19-5-12(18)17-13-16-8(2)6-20-13/h3-4,6H,5H2,1-2H3,(H,16,17,18). The van der Waals surface area contributed by atoms with Gasteiger partial charge in [0.1, 0.15) is 5.75 Å². The van der Waals surface area contributed by atoms with Crippen molar-refractivity contribution in [1.29, 1.82) is 0 Å². The topological polar surface area (TPSA) is 51.2 Å². The van der Waals surface area contributed by atoms with Gasteiger partial charge < -0.3 is 4.74 Å². The van der Waals surface area contributed by atoms with Gasteiger partial charge in [0.15, 0.2) is 11.7 Å². The van der Waals surface area contributed by atoms with Crippen LogP contribution in [0.1, 0.15) is 11.3 Å². The van der Waals surface area contributed by atoms with Crippen LogP contribution in [0.5, 0.6) is 5.75 Å². The number of nitrogens with zero attached hydrogens (tertiary/aromatic N) is 1. The molecule has 7 heteroatoms. The molecule has 0 radical (unpaired) electrons. The molecule has 1 aromatic heterocycles. The van der Waals surface area contributed by atoms with Gasteiger partial charge in [0, 0.05) is 10.4 Å². The number of benzene rings is 1. The van der Waals surface area contributed by atoms with Crippen molar-refractivity contribution in [2.75, 3.05) is 11.9 Å². The molecule has 0 unspecified atom stereocenters. The first-order valence-corrected chi connectivity index (χ1v) is 7.39. The monoisotopic (exact) mass is 330 g/mol. The lowest BCUT2D eigenvalue weighted by Crippen LogP contribution is -2.20. The van der Waals surface area contributed by atoms with Gasteiger partial charge in [0.2, 0.25) is 0 Å². The molecule has 0 aliphatic rings. The molecule has 0 saturated carbocycles. The van der Waals surface area contributed by atoms with Crippen LogP contribution in [-0.2, 0) is 4.79 Å². The molecule has 0 aliphatic heterocycles. The number of carbonyl (C=O) groups is 1. The Hall–Kier alpha value is -1.30. The summed E-state index contributed by atoms with van der Waals surface area (Å²) in [6.07, 6.45) is 0. The van der Waals surface area contributed by atoms with Gasteiger partial charge in [-0.1, -0.05) is 23.2 Å². The van der Waals surface area contributed by atoms with E-state index in [0.29, 0.717) is 20.9 Å². The van der Waals surface area contributed by atoms with Crippen LogP contribution < -0.4 is 10.1 Å². The second-order valence-corrected chi connectivity index (χ2v) is 5.84. The summed E-state index contributed by atoms with van der Waals surface area (Å²) in [6, 6.07) is 3.29. The first-order chi connectivity index (χ1) is 9.45. The van der Waals surface area contributed by atoms with Gasteiger partial charge in [-0.3, -0.25) is 10.1 Å². The number of carbonyl (C=O) groups excluding carboxylic acids is 1. The van der Waals surface area contributed by atoms with Crippen molar-refractivity contribution >= 4 is 45.6 Å². The Labute approximate surface area is 130 Å². The Balaban J connectivity index is 1.95. The molecule has 0 spiro atoms. The zero-order chi connectivity index (χ0) is 14.7. The van der Waals surface area contributed by atoms with E-state index < -0.39 is 0 Å². The summed E-state index contributed by atoms with van der Waals surface area (Å²) in [4.78, 5) is 15.9. The molecule has 1 N–H and O–H groups in total. The van der Waals surface area contributed by atoms with Crippen molar-refractivity contribution < 1.29 is 9.53 Å². The second kappa shape index (κ2) is 6.43. The third kappa shape index (κ3) is 3.85. The van der Waals surface area contributed by atoms with E-state index in [-0.39, 0.29) is 12.5 Å². The molecule has 1 heterocycles. The van der Waals surface area contributed by atoms with Crippen molar-refractivity contribution in [2.45, 2.75) is 13.8 Å². The predicted molar refractivity (Wildman–Crippen MR) is 82.2 cm³/mol. The highest BCUT2D eigenvalue weighted by Crippen LogP contribution is 2.30. The quantitative estimate of drug-likeness (QED) is 0.918. The minimum atomic E-state index is -0.289. The number of anilines is 1. The predicted octanol–water partition coefficient (Wildman–Crippen LogP) is 4.08. The summed E-state index contributed by atoms with van der Waals surface area (Å²) in [5.41, 5.74) is 1.70. The SMILES string of the molecule is Cc1csc(NC(=O)COc2cc(C)c(Cl)cc2Cl)n1. The van der Waals surface area contributed by atoms with Gasteiger partial charge in [0.25, 0.3) is 5.91 Å². The summed E-state index contributed by atoms with van der Waals surface area (Å²) in [5, 5.41) is 5.99. The first-order valence-electron chi connectivity index (χ1n) is 5.76. The molecule has 0 bridgehead atoms. The minimum Gasteiger partial charge on any atom is -0.482 e. The van der Waals surface area contributed by atoms with Gasteiger partial charge in [-0.25, -0.2) is 4.98 Å². The molecular weight excluding hydrogens is 319 g/mol. The van der Waals surface area contributed by atoms with E-state index in [0.717, 1.165) is 11.3 Å². The van der Waals surface area contributed by atoms with Crippen molar-refractivity contribution in [2.24, 2.45) is 0 Å². The highest BCUT2D eigenvalue weighted by Gasteiger charge is 2.10. The van der Waals surface area contributed by atoms with E-state index in [2.05, 4.69) is 10.3 Å². The normalized spacial score (nSPS) is 10.4. The van der Waals surface area contributed by atoms with Crippen LogP contribution in [0.4, 0.5) is 5.13 Å². The maximum Gasteiger partial charge on any atom is 0.264 e. The maximum absolute atomic E-state index is 11.7. The number of aromatic nitrogens is 1. The molecule has 0 aliphatic carbocycles.